The number of ether oxygens (including phenoxy) is 1. The van der Waals surface area contributed by atoms with Crippen LogP contribution in [0.25, 0.3) is 11.0 Å². The summed E-state index contributed by atoms with van der Waals surface area (Å²) in [6.07, 6.45) is 0.636. The first-order chi connectivity index (χ1) is 13.6. The van der Waals surface area contributed by atoms with Gasteiger partial charge in [-0.05, 0) is 50.2 Å². The van der Waals surface area contributed by atoms with Gasteiger partial charge in [0, 0.05) is 19.5 Å². The van der Waals surface area contributed by atoms with Crippen molar-refractivity contribution < 1.29 is 9.13 Å². The molecule has 8 heteroatoms. The Kier molecular flexibility index (Phi) is 9.17. The van der Waals surface area contributed by atoms with Crippen LogP contribution >= 0.6 is 24.0 Å². The van der Waals surface area contributed by atoms with Gasteiger partial charge in [0.05, 0.1) is 17.6 Å². The highest BCUT2D eigenvalue weighted by Gasteiger charge is 2.06. The Morgan fingerprint density at radius 3 is 2.66 bits per heavy atom. The predicted octanol–water partition coefficient (Wildman–Crippen LogP) is 3.89. The first kappa shape index (κ1) is 22.9. The molecule has 1 atom stereocenters. The number of aromatic nitrogens is 2. The number of aromatic amines is 1. The van der Waals surface area contributed by atoms with Gasteiger partial charge in [-0.25, -0.2) is 14.4 Å². The number of aliphatic imine (C=N–C) groups is 1. The highest BCUT2D eigenvalue weighted by Crippen LogP contribution is 2.13. The summed E-state index contributed by atoms with van der Waals surface area (Å²) in [7, 11) is 0. The zero-order chi connectivity index (χ0) is 19.8. The number of fused-ring (bicyclic) bond motifs is 1. The number of halogens is 2. The van der Waals surface area contributed by atoms with Crippen LogP contribution in [-0.4, -0.2) is 41.7 Å². The summed E-state index contributed by atoms with van der Waals surface area (Å²) in [5, 5.41) is 6.54. The largest absolute Gasteiger partial charge is 0.489 e. The van der Waals surface area contributed by atoms with E-state index in [2.05, 4.69) is 25.6 Å². The number of hydrogen-bond donors (Lipinski definition) is 3. The molecule has 0 aliphatic rings. The van der Waals surface area contributed by atoms with E-state index >= 15 is 0 Å². The second-order valence-electron chi connectivity index (χ2n) is 6.48. The van der Waals surface area contributed by atoms with E-state index < -0.39 is 0 Å². The Labute approximate surface area is 187 Å². The first-order valence-electron chi connectivity index (χ1n) is 9.52. The third kappa shape index (κ3) is 7.19. The van der Waals surface area contributed by atoms with Crippen LogP contribution in [0.2, 0.25) is 0 Å². The van der Waals surface area contributed by atoms with Gasteiger partial charge in [0.2, 0.25) is 0 Å². The molecule has 156 valence electrons. The molecule has 0 aliphatic carbocycles. The first-order valence-corrected chi connectivity index (χ1v) is 9.52. The maximum absolute atomic E-state index is 13.0. The highest BCUT2D eigenvalue weighted by molar-refractivity contribution is 14.0. The van der Waals surface area contributed by atoms with Crippen LogP contribution in [-0.2, 0) is 6.42 Å². The summed E-state index contributed by atoms with van der Waals surface area (Å²) in [4.78, 5) is 12.5. The van der Waals surface area contributed by atoms with Crippen molar-refractivity contribution in [2.45, 2.75) is 26.4 Å². The summed E-state index contributed by atoms with van der Waals surface area (Å²) in [6, 6.07) is 14.0. The standard InChI is InChI=1S/C21H26FN5O.HI/c1-3-23-21(25-14-15(2)28-17-10-8-16(22)9-11-17)24-13-12-20-26-18-6-4-5-7-19(18)27-20;/h4-11,15H,3,12-14H2,1-2H3,(H,26,27)(H2,23,24,25);1H. The molecular weight excluding hydrogens is 484 g/mol. The van der Waals surface area contributed by atoms with Crippen LogP contribution in [0.5, 0.6) is 5.75 Å². The van der Waals surface area contributed by atoms with E-state index in [9.17, 15) is 4.39 Å². The molecule has 0 fully saturated rings. The van der Waals surface area contributed by atoms with E-state index in [4.69, 9.17) is 4.74 Å². The summed E-state index contributed by atoms with van der Waals surface area (Å²) < 4.78 is 18.7. The predicted molar refractivity (Wildman–Crippen MR) is 126 cm³/mol. The Morgan fingerprint density at radius 1 is 1.17 bits per heavy atom. The number of benzene rings is 2. The maximum Gasteiger partial charge on any atom is 0.191 e. The Bertz CT molecular complexity index is 880. The summed E-state index contributed by atoms with van der Waals surface area (Å²) in [6.45, 7) is 5.92. The molecule has 1 heterocycles. The van der Waals surface area contributed by atoms with Crippen molar-refractivity contribution in [3.63, 3.8) is 0 Å². The lowest BCUT2D eigenvalue weighted by Gasteiger charge is -2.15. The average molecular weight is 511 g/mol. The van der Waals surface area contributed by atoms with Gasteiger partial charge in [0.15, 0.2) is 5.96 Å². The second-order valence-corrected chi connectivity index (χ2v) is 6.48. The fraction of sp³-hybridized carbons (Fsp3) is 0.333. The van der Waals surface area contributed by atoms with Crippen LogP contribution in [0.3, 0.4) is 0 Å². The lowest BCUT2D eigenvalue weighted by Crippen LogP contribution is -2.39. The molecule has 1 unspecified atom stereocenters. The van der Waals surface area contributed by atoms with Gasteiger partial charge in [-0.1, -0.05) is 12.1 Å². The van der Waals surface area contributed by atoms with Gasteiger partial charge < -0.3 is 20.4 Å². The van der Waals surface area contributed by atoms with Crippen LogP contribution in [0.15, 0.2) is 53.5 Å². The Balaban J connectivity index is 0.00000300. The van der Waals surface area contributed by atoms with Crippen LogP contribution in [0.1, 0.15) is 19.7 Å². The smallest absolute Gasteiger partial charge is 0.191 e. The van der Waals surface area contributed by atoms with E-state index in [-0.39, 0.29) is 35.9 Å². The third-order valence-corrected chi connectivity index (χ3v) is 4.09. The summed E-state index contributed by atoms with van der Waals surface area (Å²) in [5.41, 5.74) is 2.02. The van der Waals surface area contributed by atoms with E-state index in [1.165, 1.54) is 12.1 Å². The number of para-hydroxylation sites is 2. The summed E-state index contributed by atoms with van der Waals surface area (Å²) >= 11 is 0. The fourth-order valence-electron chi connectivity index (χ4n) is 2.77. The number of H-pyrrole nitrogens is 1. The molecule has 0 spiro atoms. The number of nitrogens with zero attached hydrogens (tertiary/aromatic N) is 2. The van der Waals surface area contributed by atoms with Gasteiger partial charge >= 0.3 is 0 Å². The number of nitrogens with one attached hydrogen (secondary N) is 3. The number of imidazole rings is 1. The molecule has 29 heavy (non-hydrogen) atoms. The lowest BCUT2D eigenvalue weighted by atomic mass is 10.3. The molecule has 0 saturated heterocycles. The van der Waals surface area contributed by atoms with Crippen molar-refractivity contribution in [2.75, 3.05) is 19.6 Å². The zero-order valence-corrected chi connectivity index (χ0v) is 18.9. The second kappa shape index (κ2) is 11.6. The fourth-order valence-corrected chi connectivity index (χ4v) is 2.77. The molecule has 0 bridgehead atoms. The van der Waals surface area contributed by atoms with Crippen molar-refractivity contribution in [1.82, 2.24) is 20.6 Å². The number of hydrogen-bond acceptors (Lipinski definition) is 3. The molecule has 0 saturated carbocycles. The van der Waals surface area contributed by atoms with Crippen molar-refractivity contribution in [3.8, 4) is 5.75 Å². The summed E-state index contributed by atoms with van der Waals surface area (Å²) in [5.74, 6) is 2.03. The molecule has 3 N–H and O–H groups in total. The molecule has 0 radical (unpaired) electrons. The molecule has 1 aromatic heterocycles. The number of rotatable bonds is 8. The van der Waals surface area contributed by atoms with E-state index in [1.807, 2.05) is 38.1 Å². The molecule has 6 nitrogen and oxygen atoms in total. The van der Waals surface area contributed by atoms with E-state index in [0.29, 0.717) is 18.8 Å². The maximum atomic E-state index is 13.0. The Hall–Kier alpha value is -2.36. The van der Waals surface area contributed by atoms with E-state index in [0.717, 1.165) is 35.8 Å². The lowest BCUT2D eigenvalue weighted by molar-refractivity contribution is 0.230. The van der Waals surface area contributed by atoms with Gasteiger partial charge in [-0.15, -0.1) is 24.0 Å². The minimum atomic E-state index is -0.277. The van der Waals surface area contributed by atoms with Crippen LogP contribution < -0.4 is 15.4 Å². The quantitative estimate of drug-likeness (QED) is 0.244. The Morgan fingerprint density at radius 2 is 1.93 bits per heavy atom. The molecule has 2 aromatic carbocycles. The molecule has 3 aromatic rings. The topological polar surface area (TPSA) is 74.3 Å². The third-order valence-electron chi connectivity index (χ3n) is 4.09. The van der Waals surface area contributed by atoms with Crippen LogP contribution in [0, 0.1) is 5.82 Å². The normalized spacial score (nSPS) is 12.3. The van der Waals surface area contributed by atoms with Crippen molar-refractivity contribution in [2.24, 2.45) is 4.99 Å². The monoisotopic (exact) mass is 511 g/mol. The minimum absolute atomic E-state index is 0. The SMILES string of the molecule is CCNC(=NCC(C)Oc1ccc(F)cc1)NCCc1nc2ccccc2[nH]1.I. The van der Waals surface area contributed by atoms with Crippen LogP contribution in [0.4, 0.5) is 4.39 Å². The highest BCUT2D eigenvalue weighted by atomic mass is 127. The molecular formula is C21H27FIN5O. The molecule has 0 aliphatic heterocycles. The molecule has 3 rings (SSSR count). The number of guanidine groups is 1. The average Bonchev–Trinajstić information content (AvgIpc) is 3.11. The zero-order valence-electron chi connectivity index (χ0n) is 16.6. The van der Waals surface area contributed by atoms with Gasteiger partial charge in [-0.3, -0.25) is 0 Å². The van der Waals surface area contributed by atoms with Gasteiger partial charge in [-0.2, -0.15) is 0 Å². The molecule has 0 amide bonds. The van der Waals surface area contributed by atoms with E-state index in [1.54, 1.807) is 12.1 Å². The van der Waals surface area contributed by atoms with Crippen molar-refractivity contribution in [3.05, 3.63) is 60.2 Å². The van der Waals surface area contributed by atoms with Crippen molar-refractivity contribution in [1.29, 1.82) is 0 Å². The van der Waals surface area contributed by atoms with Gasteiger partial charge in [0.25, 0.3) is 0 Å². The van der Waals surface area contributed by atoms with Crippen molar-refractivity contribution >= 4 is 41.0 Å². The minimum Gasteiger partial charge on any atom is -0.489 e. The van der Waals surface area contributed by atoms with Gasteiger partial charge in [0.1, 0.15) is 23.5 Å².